The molecule has 0 unspecified atom stereocenters. The van der Waals surface area contributed by atoms with Crippen LogP contribution in [-0.4, -0.2) is 12.5 Å². The molecule has 110 valence electrons. The van der Waals surface area contributed by atoms with Crippen LogP contribution < -0.4 is 10.1 Å². The number of aryl methyl sites for hydroxylation is 1. The molecule has 0 aromatic heterocycles. The molecule has 1 N–H and O–H groups in total. The Morgan fingerprint density at radius 1 is 1.19 bits per heavy atom. The number of hydrogen-bond donors (Lipinski definition) is 1. The predicted molar refractivity (Wildman–Crippen MR) is 89.5 cm³/mol. The summed E-state index contributed by atoms with van der Waals surface area (Å²) in [5, 5.41) is 3.60. The van der Waals surface area contributed by atoms with E-state index < -0.39 is 0 Å². The monoisotopic (exact) mass is 387 g/mol. The normalized spacial score (nSPS) is 10.3. The minimum Gasteiger partial charge on any atom is -0.483 e. The van der Waals surface area contributed by atoms with Gasteiger partial charge in [0.15, 0.2) is 6.61 Å². The van der Waals surface area contributed by atoms with Crippen molar-refractivity contribution in [3.63, 3.8) is 0 Å². The van der Waals surface area contributed by atoms with Crippen molar-refractivity contribution in [2.45, 2.75) is 6.92 Å². The Balaban J connectivity index is 1.95. The molecule has 2 aromatic carbocycles. The highest BCUT2D eigenvalue weighted by Crippen LogP contribution is 2.23. The van der Waals surface area contributed by atoms with E-state index in [0.29, 0.717) is 21.5 Å². The lowest BCUT2D eigenvalue weighted by atomic mass is 10.2. The molecule has 2 rings (SSSR count). The Morgan fingerprint density at radius 2 is 1.86 bits per heavy atom. The zero-order valence-corrected chi connectivity index (χ0v) is 14.2. The third-order valence-electron chi connectivity index (χ3n) is 2.64. The average Bonchev–Trinajstić information content (AvgIpc) is 2.36. The van der Waals surface area contributed by atoms with Gasteiger partial charge in [-0.25, -0.2) is 0 Å². The number of halogens is 3. The zero-order valence-electron chi connectivity index (χ0n) is 11.1. The maximum Gasteiger partial charge on any atom is 0.262 e. The fraction of sp³-hybridized carbons (Fsp3) is 0.133. The van der Waals surface area contributed by atoms with Gasteiger partial charge in [-0.1, -0.05) is 39.1 Å². The number of benzene rings is 2. The average molecular weight is 389 g/mol. The van der Waals surface area contributed by atoms with Gasteiger partial charge < -0.3 is 10.1 Å². The van der Waals surface area contributed by atoms with Crippen LogP contribution in [0.25, 0.3) is 0 Å². The Morgan fingerprint density at radius 3 is 2.48 bits per heavy atom. The first-order chi connectivity index (χ1) is 9.94. The zero-order chi connectivity index (χ0) is 15.4. The quantitative estimate of drug-likeness (QED) is 0.792. The Labute approximate surface area is 141 Å². The minimum absolute atomic E-state index is 0.0907. The Bertz CT molecular complexity index is 656. The largest absolute Gasteiger partial charge is 0.483 e. The summed E-state index contributed by atoms with van der Waals surface area (Å²) in [5.41, 5.74) is 1.48. The minimum atomic E-state index is -0.282. The first-order valence-electron chi connectivity index (χ1n) is 6.09. The van der Waals surface area contributed by atoms with Gasteiger partial charge in [-0.15, -0.1) is 0 Å². The molecular weight excluding hydrogens is 377 g/mol. The van der Waals surface area contributed by atoms with Gasteiger partial charge in [0, 0.05) is 20.2 Å². The van der Waals surface area contributed by atoms with Gasteiger partial charge in [-0.2, -0.15) is 0 Å². The van der Waals surface area contributed by atoms with Gasteiger partial charge >= 0.3 is 0 Å². The van der Waals surface area contributed by atoms with Crippen molar-refractivity contribution in [3.8, 4) is 5.75 Å². The summed E-state index contributed by atoms with van der Waals surface area (Å²) in [6, 6.07) is 10.4. The molecule has 1 amide bonds. The van der Waals surface area contributed by atoms with Crippen LogP contribution in [0.2, 0.25) is 10.0 Å². The smallest absolute Gasteiger partial charge is 0.262 e. The van der Waals surface area contributed by atoms with Crippen LogP contribution >= 0.6 is 39.1 Å². The van der Waals surface area contributed by atoms with Gasteiger partial charge in [-0.3, -0.25) is 4.79 Å². The SMILES string of the molecule is Cc1cc(Br)ccc1OCC(=O)Nc1cc(Cl)cc(Cl)c1. The van der Waals surface area contributed by atoms with E-state index in [2.05, 4.69) is 21.2 Å². The Hall–Kier alpha value is -1.23. The molecule has 21 heavy (non-hydrogen) atoms. The first-order valence-corrected chi connectivity index (χ1v) is 7.64. The molecule has 0 aliphatic carbocycles. The van der Waals surface area contributed by atoms with E-state index in [-0.39, 0.29) is 12.5 Å². The second-order valence-corrected chi connectivity index (χ2v) is 6.19. The van der Waals surface area contributed by atoms with Crippen LogP contribution in [0.3, 0.4) is 0 Å². The fourth-order valence-corrected chi connectivity index (χ4v) is 2.74. The highest BCUT2D eigenvalue weighted by atomic mass is 79.9. The molecule has 0 bridgehead atoms. The number of hydrogen-bond acceptors (Lipinski definition) is 2. The Kier molecular flexibility index (Phi) is 5.51. The van der Waals surface area contributed by atoms with Crippen LogP contribution in [-0.2, 0) is 4.79 Å². The summed E-state index contributed by atoms with van der Waals surface area (Å²) in [6.45, 7) is 1.82. The van der Waals surface area contributed by atoms with Crippen molar-refractivity contribution in [2.24, 2.45) is 0 Å². The van der Waals surface area contributed by atoms with E-state index in [1.807, 2.05) is 25.1 Å². The maximum absolute atomic E-state index is 11.9. The maximum atomic E-state index is 11.9. The number of nitrogens with one attached hydrogen (secondary N) is 1. The van der Waals surface area contributed by atoms with Crippen molar-refractivity contribution < 1.29 is 9.53 Å². The topological polar surface area (TPSA) is 38.3 Å². The summed E-state index contributed by atoms with van der Waals surface area (Å²) < 4.78 is 6.45. The molecule has 3 nitrogen and oxygen atoms in total. The van der Waals surface area contributed by atoms with Crippen molar-refractivity contribution in [3.05, 3.63) is 56.5 Å². The van der Waals surface area contributed by atoms with Gasteiger partial charge in [0.05, 0.1) is 0 Å². The van der Waals surface area contributed by atoms with Gasteiger partial charge in [0.25, 0.3) is 5.91 Å². The van der Waals surface area contributed by atoms with E-state index in [4.69, 9.17) is 27.9 Å². The molecule has 2 aromatic rings. The van der Waals surface area contributed by atoms with Crippen LogP contribution in [0, 0.1) is 6.92 Å². The number of ether oxygens (including phenoxy) is 1. The summed E-state index contributed by atoms with van der Waals surface area (Å²) >= 11 is 15.1. The summed E-state index contributed by atoms with van der Waals surface area (Å²) in [6.07, 6.45) is 0. The van der Waals surface area contributed by atoms with E-state index in [0.717, 1.165) is 10.0 Å². The van der Waals surface area contributed by atoms with E-state index in [1.165, 1.54) is 0 Å². The lowest BCUT2D eigenvalue weighted by molar-refractivity contribution is -0.118. The standard InChI is InChI=1S/C15H12BrCl2NO2/c1-9-4-10(16)2-3-14(9)21-8-15(20)19-13-6-11(17)5-12(18)7-13/h2-7H,8H2,1H3,(H,19,20). The van der Waals surface area contributed by atoms with Gasteiger partial charge in [0.2, 0.25) is 0 Å². The molecule has 0 aliphatic heterocycles. The van der Waals surface area contributed by atoms with Crippen molar-refractivity contribution in [1.29, 1.82) is 0 Å². The molecule has 6 heteroatoms. The fourth-order valence-electron chi connectivity index (χ4n) is 1.74. The molecule has 0 radical (unpaired) electrons. The van der Waals surface area contributed by atoms with Crippen molar-refractivity contribution >= 4 is 50.7 Å². The second-order valence-electron chi connectivity index (χ2n) is 4.40. The van der Waals surface area contributed by atoms with Crippen LogP contribution in [0.15, 0.2) is 40.9 Å². The lowest BCUT2D eigenvalue weighted by Gasteiger charge is -2.10. The molecule has 0 spiro atoms. The van der Waals surface area contributed by atoms with E-state index >= 15 is 0 Å². The molecule has 0 atom stereocenters. The van der Waals surface area contributed by atoms with Crippen LogP contribution in [0.1, 0.15) is 5.56 Å². The molecule has 0 heterocycles. The summed E-state index contributed by atoms with van der Waals surface area (Å²) in [5.74, 6) is 0.383. The van der Waals surface area contributed by atoms with Gasteiger partial charge in [-0.05, 0) is 48.9 Å². The molecule has 0 saturated carbocycles. The van der Waals surface area contributed by atoms with Crippen LogP contribution in [0.5, 0.6) is 5.75 Å². The molecular formula is C15H12BrCl2NO2. The van der Waals surface area contributed by atoms with Crippen LogP contribution in [0.4, 0.5) is 5.69 Å². The van der Waals surface area contributed by atoms with E-state index in [9.17, 15) is 4.79 Å². The summed E-state index contributed by atoms with van der Waals surface area (Å²) in [7, 11) is 0. The van der Waals surface area contributed by atoms with Gasteiger partial charge in [0.1, 0.15) is 5.75 Å². The number of amides is 1. The molecule has 0 fully saturated rings. The number of carbonyl (C=O) groups is 1. The molecule has 0 aliphatic rings. The predicted octanol–water partition coefficient (Wildman–Crippen LogP) is 5.08. The second kappa shape index (κ2) is 7.16. The number of carbonyl (C=O) groups excluding carboxylic acids is 1. The first kappa shape index (κ1) is 16.1. The third kappa shape index (κ3) is 4.92. The number of anilines is 1. The van der Waals surface area contributed by atoms with Crippen molar-refractivity contribution in [2.75, 3.05) is 11.9 Å². The number of rotatable bonds is 4. The highest BCUT2D eigenvalue weighted by molar-refractivity contribution is 9.10. The van der Waals surface area contributed by atoms with Crippen molar-refractivity contribution in [1.82, 2.24) is 0 Å². The molecule has 0 saturated heterocycles. The van der Waals surface area contributed by atoms with E-state index in [1.54, 1.807) is 18.2 Å². The highest BCUT2D eigenvalue weighted by Gasteiger charge is 2.07. The summed E-state index contributed by atoms with van der Waals surface area (Å²) in [4.78, 5) is 11.9. The lowest BCUT2D eigenvalue weighted by Crippen LogP contribution is -2.20. The third-order valence-corrected chi connectivity index (χ3v) is 3.57.